The van der Waals surface area contributed by atoms with Gasteiger partial charge in [0, 0.05) is 30.7 Å². The van der Waals surface area contributed by atoms with Gasteiger partial charge in [-0.15, -0.1) is 0 Å². The zero-order chi connectivity index (χ0) is 15.0. The van der Waals surface area contributed by atoms with Crippen molar-refractivity contribution in [2.24, 2.45) is 11.8 Å². The Labute approximate surface area is 129 Å². The van der Waals surface area contributed by atoms with E-state index in [0.29, 0.717) is 23.5 Å². The first-order valence-electron chi connectivity index (χ1n) is 8.55. The number of rotatable bonds is 4. The molecule has 2 nitrogen and oxygen atoms in total. The van der Waals surface area contributed by atoms with E-state index in [1.807, 2.05) is 0 Å². The van der Waals surface area contributed by atoms with E-state index in [0.717, 1.165) is 12.5 Å². The predicted octanol–water partition coefficient (Wildman–Crippen LogP) is 3.85. The average molecular weight is 286 g/mol. The highest BCUT2D eigenvalue weighted by Gasteiger charge is 2.46. The topological polar surface area (TPSA) is 15.3 Å². The Morgan fingerprint density at radius 3 is 2.38 bits per heavy atom. The number of benzene rings is 1. The summed E-state index contributed by atoms with van der Waals surface area (Å²) in [6.07, 6.45) is 2.82. The van der Waals surface area contributed by atoms with Crippen molar-refractivity contribution in [1.82, 2.24) is 10.2 Å². The minimum Gasteiger partial charge on any atom is -0.311 e. The van der Waals surface area contributed by atoms with Gasteiger partial charge in [0.25, 0.3) is 0 Å². The van der Waals surface area contributed by atoms with Crippen LogP contribution in [0.2, 0.25) is 0 Å². The molecular formula is C19H30N2. The third-order valence-corrected chi connectivity index (χ3v) is 5.65. The van der Waals surface area contributed by atoms with E-state index in [2.05, 4.69) is 68.2 Å². The van der Waals surface area contributed by atoms with Gasteiger partial charge in [-0.1, -0.05) is 44.2 Å². The van der Waals surface area contributed by atoms with E-state index in [4.69, 9.17) is 0 Å². The zero-order valence-electron chi connectivity index (χ0n) is 14.0. The van der Waals surface area contributed by atoms with Crippen LogP contribution in [0.4, 0.5) is 0 Å². The van der Waals surface area contributed by atoms with Crippen molar-refractivity contribution in [3.63, 3.8) is 0 Å². The summed E-state index contributed by atoms with van der Waals surface area (Å²) in [7, 11) is 0. The van der Waals surface area contributed by atoms with Crippen molar-refractivity contribution < 1.29 is 0 Å². The van der Waals surface area contributed by atoms with Crippen molar-refractivity contribution in [2.45, 2.75) is 58.2 Å². The first-order valence-corrected chi connectivity index (χ1v) is 8.55. The Kier molecular flexibility index (Phi) is 4.11. The molecule has 0 aromatic heterocycles. The molecule has 1 saturated heterocycles. The maximum Gasteiger partial charge on any atom is 0.0478 e. The molecule has 1 N–H and O–H groups in total. The molecule has 116 valence electrons. The number of hydrogen-bond donors (Lipinski definition) is 1. The third-order valence-electron chi connectivity index (χ3n) is 5.65. The molecule has 2 atom stereocenters. The molecule has 1 aliphatic heterocycles. The fourth-order valence-corrected chi connectivity index (χ4v) is 3.86. The Morgan fingerprint density at radius 1 is 1.14 bits per heavy atom. The summed E-state index contributed by atoms with van der Waals surface area (Å²) in [6.45, 7) is 11.8. The first kappa shape index (κ1) is 15.1. The lowest BCUT2D eigenvalue weighted by Crippen LogP contribution is -2.60. The van der Waals surface area contributed by atoms with Gasteiger partial charge >= 0.3 is 0 Å². The van der Waals surface area contributed by atoms with Gasteiger partial charge in [0.05, 0.1) is 0 Å². The van der Waals surface area contributed by atoms with Gasteiger partial charge in [-0.25, -0.2) is 0 Å². The Hall–Kier alpha value is -0.860. The summed E-state index contributed by atoms with van der Waals surface area (Å²) < 4.78 is 0. The predicted molar refractivity (Wildman–Crippen MR) is 89.3 cm³/mol. The van der Waals surface area contributed by atoms with E-state index in [-0.39, 0.29) is 0 Å². The van der Waals surface area contributed by atoms with Crippen LogP contribution in [0.1, 0.15) is 52.1 Å². The van der Waals surface area contributed by atoms with E-state index in [9.17, 15) is 0 Å². The number of nitrogens with zero attached hydrogens (tertiary/aromatic N) is 1. The molecule has 1 heterocycles. The van der Waals surface area contributed by atoms with Gasteiger partial charge in [0.15, 0.2) is 0 Å². The van der Waals surface area contributed by atoms with E-state index in [1.54, 1.807) is 0 Å². The molecule has 2 unspecified atom stereocenters. The molecule has 0 radical (unpaired) electrons. The van der Waals surface area contributed by atoms with Crippen LogP contribution in [0.25, 0.3) is 0 Å². The van der Waals surface area contributed by atoms with Crippen LogP contribution < -0.4 is 5.32 Å². The normalized spacial score (nSPS) is 28.0. The zero-order valence-corrected chi connectivity index (χ0v) is 14.0. The van der Waals surface area contributed by atoms with Gasteiger partial charge < -0.3 is 5.32 Å². The molecule has 2 aliphatic rings. The summed E-state index contributed by atoms with van der Waals surface area (Å²) in [5.74, 6) is 1.58. The smallest absolute Gasteiger partial charge is 0.0478 e. The number of nitrogens with one attached hydrogen (secondary N) is 1. The number of hydrogen-bond acceptors (Lipinski definition) is 2. The minimum absolute atomic E-state index is 0.315. The second kappa shape index (κ2) is 5.73. The van der Waals surface area contributed by atoms with Crippen LogP contribution in [0.3, 0.4) is 0 Å². The van der Waals surface area contributed by atoms with Crippen molar-refractivity contribution in [3.8, 4) is 0 Å². The molecule has 3 rings (SSSR count). The molecule has 1 saturated carbocycles. The molecule has 21 heavy (non-hydrogen) atoms. The molecule has 1 aliphatic carbocycles. The SMILES string of the molecule is CC(C)C1CN(C(C)(C)C2CC2)C(c2ccccc2)CN1. The van der Waals surface area contributed by atoms with Gasteiger partial charge in [-0.3, -0.25) is 4.90 Å². The van der Waals surface area contributed by atoms with E-state index >= 15 is 0 Å². The molecule has 0 amide bonds. The summed E-state index contributed by atoms with van der Waals surface area (Å²) in [4.78, 5) is 2.79. The van der Waals surface area contributed by atoms with Crippen molar-refractivity contribution in [3.05, 3.63) is 35.9 Å². The monoisotopic (exact) mass is 286 g/mol. The van der Waals surface area contributed by atoms with Crippen molar-refractivity contribution in [2.75, 3.05) is 13.1 Å². The standard InChI is InChI=1S/C19H30N2/c1-14(2)17-13-21(19(3,4)16-10-11-16)18(12-20-17)15-8-6-5-7-9-15/h5-9,14,16-18,20H,10-13H2,1-4H3. The van der Waals surface area contributed by atoms with Crippen LogP contribution in [0.15, 0.2) is 30.3 Å². The van der Waals surface area contributed by atoms with Crippen LogP contribution in [0.5, 0.6) is 0 Å². The second-order valence-corrected chi connectivity index (χ2v) is 7.77. The van der Waals surface area contributed by atoms with Crippen molar-refractivity contribution >= 4 is 0 Å². The molecule has 2 heteroatoms. The van der Waals surface area contributed by atoms with Crippen LogP contribution in [-0.4, -0.2) is 29.6 Å². The third kappa shape index (κ3) is 3.02. The van der Waals surface area contributed by atoms with Crippen molar-refractivity contribution in [1.29, 1.82) is 0 Å². The van der Waals surface area contributed by atoms with Gasteiger partial charge in [-0.05, 0) is 44.1 Å². The Bertz CT molecular complexity index is 462. The molecule has 2 fully saturated rings. The fraction of sp³-hybridized carbons (Fsp3) is 0.684. The summed E-state index contributed by atoms with van der Waals surface area (Å²) in [5.41, 5.74) is 1.77. The maximum absolute atomic E-state index is 3.79. The number of piperazine rings is 1. The lowest BCUT2D eigenvalue weighted by atomic mass is 9.87. The maximum atomic E-state index is 3.79. The second-order valence-electron chi connectivity index (χ2n) is 7.77. The molecule has 1 aromatic carbocycles. The molecule has 1 aromatic rings. The highest BCUT2D eigenvalue weighted by molar-refractivity contribution is 5.22. The van der Waals surface area contributed by atoms with E-state index < -0.39 is 0 Å². The summed E-state index contributed by atoms with van der Waals surface area (Å²) in [6, 6.07) is 12.2. The Morgan fingerprint density at radius 2 is 1.81 bits per heavy atom. The quantitative estimate of drug-likeness (QED) is 0.904. The molecule has 0 spiro atoms. The van der Waals surface area contributed by atoms with E-state index in [1.165, 1.54) is 24.9 Å². The average Bonchev–Trinajstić information content (AvgIpc) is 3.32. The Balaban J connectivity index is 1.87. The van der Waals surface area contributed by atoms with Crippen LogP contribution in [0, 0.1) is 11.8 Å². The van der Waals surface area contributed by atoms with Gasteiger partial charge in [0.2, 0.25) is 0 Å². The lowest BCUT2D eigenvalue weighted by Gasteiger charge is -2.50. The summed E-state index contributed by atoms with van der Waals surface area (Å²) >= 11 is 0. The highest BCUT2D eigenvalue weighted by atomic mass is 15.3. The summed E-state index contributed by atoms with van der Waals surface area (Å²) in [5, 5.41) is 3.79. The first-order chi connectivity index (χ1) is 10.00. The van der Waals surface area contributed by atoms with Crippen LogP contribution in [-0.2, 0) is 0 Å². The molecular weight excluding hydrogens is 256 g/mol. The van der Waals surface area contributed by atoms with Crippen LogP contribution >= 0.6 is 0 Å². The largest absolute Gasteiger partial charge is 0.311 e. The minimum atomic E-state index is 0.315. The molecule has 0 bridgehead atoms. The fourth-order valence-electron chi connectivity index (χ4n) is 3.86. The lowest BCUT2D eigenvalue weighted by molar-refractivity contribution is 0.00812. The highest BCUT2D eigenvalue weighted by Crippen LogP contribution is 2.46. The van der Waals surface area contributed by atoms with Gasteiger partial charge in [0.1, 0.15) is 0 Å². The van der Waals surface area contributed by atoms with Gasteiger partial charge in [-0.2, -0.15) is 0 Å².